The van der Waals surface area contributed by atoms with Crippen LogP contribution in [0.2, 0.25) is 0 Å². The number of nitrogens with two attached hydrogens (primary N) is 1. The van der Waals surface area contributed by atoms with Gasteiger partial charge in [-0.2, -0.15) is 0 Å². The molecule has 0 spiro atoms. The molecular weight excluding hydrogens is 174 g/mol. The van der Waals surface area contributed by atoms with Crippen LogP contribution < -0.4 is 10.5 Å². The van der Waals surface area contributed by atoms with Crippen LogP contribution in [0.3, 0.4) is 0 Å². The minimum absolute atomic E-state index is 0.162. The third-order valence-electron chi connectivity index (χ3n) is 2.75. The van der Waals surface area contributed by atoms with Crippen LogP contribution in [0.5, 0.6) is 5.75 Å². The second-order valence-electron chi connectivity index (χ2n) is 3.86. The van der Waals surface area contributed by atoms with Crippen LogP contribution >= 0.6 is 0 Å². The predicted octanol–water partition coefficient (Wildman–Crippen LogP) is 2.42. The summed E-state index contributed by atoms with van der Waals surface area (Å²) in [6.07, 6.45) is 3.20. The molecule has 0 amide bonds. The first-order chi connectivity index (χ1) is 6.81. The van der Waals surface area contributed by atoms with Gasteiger partial charge in [0, 0.05) is 12.5 Å². The van der Waals surface area contributed by atoms with E-state index in [2.05, 4.69) is 25.1 Å². The molecule has 2 rings (SSSR count). The summed E-state index contributed by atoms with van der Waals surface area (Å²) in [5.74, 6) is 1.04. The number of rotatable bonds is 3. The maximum atomic E-state index is 6.04. The molecule has 0 fully saturated rings. The van der Waals surface area contributed by atoms with Crippen molar-refractivity contribution in [1.82, 2.24) is 0 Å². The third kappa shape index (κ3) is 1.75. The highest BCUT2D eigenvalue weighted by Crippen LogP contribution is 2.28. The van der Waals surface area contributed by atoms with Crippen molar-refractivity contribution in [2.45, 2.75) is 32.2 Å². The quantitative estimate of drug-likeness (QED) is 0.796. The van der Waals surface area contributed by atoms with Gasteiger partial charge in [0.05, 0.1) is 6.61 Å². The fourth-order valence-corrected chi connectivity index (χ4v) is 1.89. The molecule has 2 N–H and O–H groups in total. The van der Waals surface area contributed by atoms with Crippen LogP contribution in [-0.4, -0.2) is 6.61 Å². The molecule has 0 aromatic heterocycles. The van der Waals surface area contributed by atoms with Gasteiger partial charge in [0.15, 0.2) is 0 Å². The highest BCUT2D eigenvalue weighted by atomic mass is 16.5. The Bertz CT molecular complexity index is 322. The summed E-state index contributed by atoms with van der Waals surface area (Å²) in [5.41, 5.74) is 8.56. The van der Waals surface area contributed by atoms with E-state index in [1.807, 2.05) is 0 Å². The fourth-order valence-electron chi connectivity index (χ4n) is 1.89. The topological polar surface area (TPSA) is 35.2 Å². The molecule has 0 saturated carbocycles. The summed E-state index contributed by atoms with van der Waals surface area (Å²) in [4.78, 5) is 0. The molecule has 1 aromatic rings. The normalized spacial score (nSPS) is 16.1. The molecule has 1 aliphatic heterocycles. The maximum absolute atomic E-state index is 6.04. The van der Waals surface area contributed by atoms with Crippen LogP contribution in [0.15, 0.2) is 18.2 Å². The lowest BCUT2D eigenvalue weighted by molar-refractivity contribution is 0.356. The lowest BCUT2D eigenvalue weighted by Crippen LogP contribution is -2.09. The summed E-state index contributed by atoms with van der Waals surface area (Å²) in [6, 6.07) is 6.54. The lowest BCUT2D eigenvalue weighted by Gasteiger charge is -2.11. The second kappa shape index (κ2) is 4.01. The minimum Gasteiger partial charge on any atom is -0.493 e. The van der Waals surface area contributed by atoms with Gasteiger partial charge >= 0.3 is 0 Å². The van der Waals surface area contributed by atoms with Gasteiger partial charge in [-0.25, -0.2) is 0 Å². The molecule has 1 heterocycles. The maximum Gasteiger partial charge on any atom is 0.122 e. The summed E-state index contributed by atoms with van der Waals surface area (Å²) >= 11 is 0. The van der Waals surface area contributed by atoms with Gasteiger partial charge < -0.3 is 10.5 Å². The highest BCUT2D eigenvalue weighted by molar-refractivity contribution is 5.40. The largest absolute Gasteiger partial charge is 0.493 e. The van der Waals surface area contributed by atoms with Crippen molar-refractivity contribution in [3.05, 3.63) is 29.3 Å². The van der Waals surface area contributed by atoms with E-state index in [1.165, 1.54) is 11.1 Å². The molecule has 14 heavy (non-hydrogen) atoms. The van der Waals surface area contributed by atoms with Gasteiger partial charge in [0.25, 0.3) is 0 Å². The van der Waals surface area contributed by atoms with E-state index in [0.717, 1.165) is 31.6 Å². The van der Waals surface area contributed by atoms with Crippen LogP contribution in [-0.2, 0) is 6.42 Å². The summed E-state index contributed by atoms with van der Waals surface area (Å²) < 4.78 is 5.51. The zero-order chi connectivity index (χ0) is 9.97. The Kier molecular flexibility index (Phi) is 2.73. The predicted molar refractivity (Wildman–Crippen MR) is 57.5 cm³/mol. The summed E-state index contributed by atoms with van der Waals surface area (Å²) in [7, 11) is 0. The number of benzene rings is 1. The molecule has 0 bridgehead atoms. The number of hydrogen-bond acceptors (Lipinski definition) is 2. The molecule has 1 atom stereocenters. The van der Waals surface area contributed by atoms with Crippen LogP contribution in [0, 0.1) is 0 Å². The van der Waals surface area contributed by atoms with Gasteiger partial charge in [-0.15, -0.1) is 0 Å². The smallest absolute Gasteiger partial charge is 0.122 e. The Balaban J connectivity index is 2.19. The molecule has 1 aromatic carbocycles. The SMILES string of the molecule is CCCC(N)c1ccc2c(c1)OCC2. The molecule has 0 aliphatic carbocycles. The van der Waals surface area contributed by atoms with Gasteiger partial charge in [0.2, 0.25) is 0 Å². The first-order valence-corrected chi connectivity index (χ1v) is 5.32. The fraction of sp³-hybridized carbons (Fsp3) is 0.500. The first kappa shape index (κ1) is 9.53. The van der Waals surface area contributed by atoms with Crippen LogP contribution in [0.1, 0.15) is 36.9 Å². The summed E-state index contributed by atoms with van der Waals surface area (Å²) in [6.45, 7) is 2.98. The third-order valence-corrected chi connectivity index (χ3v) is 2.75. The van der Waals surface area contributed by atoms with Gasteiger partial charge in [-0.05, 0) is 23.6 Å². The van der Waals surface area contributed by atoms with E-state index >= 15 is 0 Å². The monoisotopic (exact) mass is 191 g/mol. The van der Waals surface area contributed by atoms with Gasteiger partial charge in [-0.3, -0.25) is 0 Å². The number of ether oxygens (including phenoxy) is 1. The van der Waals surface area contributed by atoms with E-state index in [9.17, 15) is 0 Å². The van der Waals surface area contributed by atoms with Crippen molar-refractivity contribution in [2.24, 2.45) is 5.73 Å². The summed E-state index contributed by atoms with van der Waals surface area (Å²) in [5, 5.41) is 0. The highest BCUT2D eigenvalue weighted by Gasteiger charge is 2.14. The zero-order valence-corrected chi connectivity index (χ0v) is 8.62. The Hall–Kier alpha value is -1.02. The molecule has 76 valence electrons. The van der Waals surface area contributed by atoms with E-state index in [4.69, 9.17) is 10.5 Å². The van der Waals surface area contributed by atoms with Crippen LogP contribution in [0.25, 0.3) is 0 Å². The Labute approximate surface area is 85.1 Å². The van der Waals surface area contributed by atoms with E-state index < -0.39 is 0 Å². The molecule has 2 nitrogen and oxygen atoms in total. The first-order valence-electron chi connectivity index (χ1n) is 5.32. The molecule has 1 unspecified atom stereocenters. The lowest BCUT2D eigenvalue weighted by atomic mass is 10.0. The molecule has 0 radical (unpaired) electrons. The Morgan fingerprint density at radius 1 is 1.50 bits per heavy atom. The molecule has 1 aliphatic rings. The van der Waals surface area contributed by atoms with Gasteiger partial charge in [-0.1, -0.05) is 25.5 Å². The Morgan fingerprint density at radius 2 is 2.36 bits per heavy atom. The molecular formula is C12H17NO. The van der Waals surface area contributed by atoms with E-state index in [-0.39, 0.29) is 6.04 Å². The standard InChI is InChI=1S/C12H17NO/c1-2-3-11(13)10-5-4-9-6-7-14-12(9)8-10/h4-5,8,11H,2-3,6-7,13H2,1H3. The van der Waals surface area contributed by atoms with Crippen molar-refractivity contribution < 1.29 is 4.74 Å². The zero-order valence-electron chi connectivity index (χ0n) is 8.62. The van der Waals surface area contributed by atoms with Crippen molar-refractivity contribution in [3.8, 4) is 5.75 Å². The Morgan fingerprint density at radius 3 is 3.14 bits per heavy atom. The average molecular weight is 191 g/mol. The minimum atomic E-state index is 0.162. The van der Waals surface area contributed by atoms with Crippen molar-refractivity contribution in [1.29, 1.82) is 0 Å². The van der Waals surface area contributed by atoms with Crippen molar-refractivity contribution in [2.75, 3.05) is 6.61 Å². The number of fused-ring (bicyclic) bond motifs is 1. The van der Waals surface area contributed by atoms with E-state index in [0.29, 0.717) is 0 Å². The van der Waals surface area contributed by atoms with Crippen LogP contribution in [0.4, 0.5) is 0 Å². The van der Waals surface area contributed by atoms with Crippen molar-refractivity contribution >= 4 is 0 Å². The average Bonchev–Trinajstić information content (AvgIpc) is 2.64. The number of hydrogen-bond donors (Lipinski definition) is 1. The second-order valence-corrected chi connectivity index (χ2v) is 3.86. The van der Waals surface area contributed by atoms with E-state index in [1.54, 1.807) is 0 Å². The molecule has 0 saturated heterocycles. The molecule has 2 heteroatoms. The van der Waals surface area contributed by atoms with Crippen molar-refractivity contribution in [3.63, 3.8) is 0 Å². The van der Waals surface area contributed by atoms with Gasteiger partial charge in [0.1, 0.15) is 5.75 Å².